The molecule has 2 aromatic rings. The fourth-order valence-corrected chi connectivity index (χ4v) is 2.08. The number of aliphatic hydroxyl groups is 1. The van der Waals surface area contributed by atoms with Gasteiger partial charge in [0.25, 0.3) is 5.91 Å². The summed E-state index contributed by atoms with van der Waals surface area (Å²) in [6, 6.07) is 11.7. The van der Waals surface area contributed by atoms with Crippen LogP contribution >= 0.6 is 0 Å². The summed E-state index contributed by atoms with van der Waals surface area (Å²) in [5.41, 5.74) is 1.72. The Bertz CT molecular complexity index is 698. The standard InChI is InChI=1S/C18H18FNO4/c1-12(14-6-8-16(19)9-7-14)20-17(22)11-24-18(23)15-4-2-13(10-21)3-5-15/h2-9,12,21H,10-11H2,1H3,(H,20,22)/t12-/m0/s1. The van der Waals surface area contributed by atoms with Crippen molar-refractivity contribution < 1.29 is 23.8 Å². The van der Waals surface area contributed by atoms with Gasteiger partial charge in [-0.3, -0.25) is 4.79 Å². The molecule has 0 aliphatic rings. The van der Waals surface area contributed by atoms with E-state index < -0.39 is 18.5 Å². The van der Waals surface area contributed by atoms with Crippen LogP contribution in [0.3, 0.4) is 0 Å². The predicted molar refractivity (Wildman–Crippen MR) is 85.6 cm³/mol. The number of rotatable bonds is 6. The van der Waals surface area contributed by atoms with E-state index in [4.69, 9.17) is 9.84 Å². The van der Waals surface area contributed by atoms with Gasteiger partial charge in [0.05, 0.1) is 18.2 Å². The number of nitrogens with one attached hydrogen (secondary N) is 1. The fraction of sp³-hybridized carbons (Fsp3) is 0.222. The summed E-state index contributed by atoms with van der Waals surface area (Å²) < 4.78 is 17.8. The molecule has 0 heterocycles. The topological polar surface area (TPSA) is 75.6 Å². The van der Waals surface area contributed by atoms with Crippen molar-refractivity contribution in [1.82, 2.24) is 5.32 Å². The average Bonchev–Trinajstić information content (AvgIpc) is 2.60. The zero-order valence-corrected chi connectivity index (χ0v) is 13.2. The minimum atomic E-state index is -0.621. The van der Waals surface area contributed by atoms with E-state index in [-0.39, 0.29) is 18.5 Å². The van der Waals surface area contributed by atoms with Crippen LogP contribution in [0.4, 0.5) is 4.39 Å². The van der Waals surface area contributed by atoms with Gasteiger partial charge in [-0.15, -0.1) is 0 Å². The number of halogens is 1. The largest absolute Gasteiger partial charge is 0.452 e. The van der Waals surface area contributed by atoms with Crippen LogP contribution in [0.15, 0.2) is 48.5 Å². The second kappa shape index (κ2) is 8.21. The highest BCUT2D eigenvalue weighted by Crippen LogP contribution is 2.12. The number of hydrogen-bond donors (Lipinski definition) is 2. The molecular weight excluding hydrogens is 313 g/mol. The average molecular weight is 331 g/mol. The van der Waals surface area contributed by atoms with Crippen LogP contribution in [-0.4, -0.2) is 23.6 Å². The van der Waals surface area contributed by atoms with Gasteiger partial charge in [-0.1, -0.05) is 24.3 Å². The van der Waals surface area contributed by atoms with Gasteiger partial charge in [0.1, 0.15) is 5.82 Å². The first kappa shape index (κ1) is 17.6. The lowest BCUT2D eigenvalue weighted by atomic mass is 10.1. The maximum absolute atomic E-state index is 12.9. The molecule has 0 fully saturated rings. The Hall–Kier alpha value is -2.73. The van der Waals surface area contributed by atoms with Gasteiger partial charge < -0.3 is 15.2 Å². The molecule has 2 rings (SSSR count). The SMILES string of the molecule is C[C@H](NC(=O)COC(=O)c1ccc(CO)cc1)c1ccc(F)cc1. The third kappa shape index (κ3) is 4.89. The lowest BCUT2D eigenvalue weighted by Crippen LogP contribution is -2.31. The molecule has 0 aliphatic carbocycles. The van der Waals surface area contributed by atoms with Gasteiger partial charge in [0.15, 0.2) is 6.61 Å². The molecular formula is C18H18FNO4. The van der Waals surface area contributed by atoms with E-state index in [1.807, 2.05) is 0 Å². The van der Waals surface area contributed by atoms with Crippen LogP contribution < -0.4 is 5.32 Å². The fourth-order valence-electron chi connectivity index (χ4n) is 2.08. The Balaban J connectivity index is 1.83. The van der Waals surface area contributed by atoms with E-state index in [0.29, 0.717) is 11.1 Å². The molecule has 0 saturated heterocycles. The van der Waals surface area contributed by atoms with Gasteiger partial charge in [-0.05, 0) is 42.3 Å². The number of esters is 1. The normalized spacial score (nSPS) is 11.6. The third-order valence-electron chi connectivity index (χ3n) is 3.45. The van der Waals surface area contributed by atoms with Gasteiger partial charge >= 0.3 is 5.97 Å². The summed E-state index contributed by atoms with van der Waals surface area (Å²) in [5, 5.41) is 11.6. The summed E-state index contributed by atoms with van der Waals surface area (Å²) >= 11 is 0. The maximum Gasteiger partial charge on any atom is 0.338 e. The number of benzene rings is 2. The van der Waals surface area contributed by atoms with Crippen LogP contribution in [0.25, 0.3) is 0 Å². The minimum absolute atomic E-state index is 0.112. The van der Waals surface area contributed by atoms with Crippen LogP contribution in [0.5, 0.6) is 0 Å². The van der Waals surface area contributed by atoms with Crippen LogP contribution in [0.1, 0.15) is 34.5 Å². The highest BCUT2D eigenvalue weighted by Gasteiger charge is 2.13. The molecule has 126 valence electrons. The number of ether oxygens (including phenoxy) is 1. The van der Waals surface area contributed by atoms with Crippen molar-refractivity contribution in [2.75, 3.05) is 6.61 Å². The lowest BCUT2D eigenvalue weighted by Gasteiger charge is -2.14. The first-order chi connectivity index (χ1) is 11.5. The van der Waals surface area contributed by atoms with Crippen molar-refractivity contribution in [1.29, 1.82) is 0 Å². The highest BCUT2D eigenvalue weighted by atomic mass is 19.1. The van der Waals surface area contributed by atoms with E-state index in [1.54, 1.807) is 31.2 Å². The summed E-state index contributed by atoms with van der Waals surface area (Å²) in [6.45, 7) is 1.23. The van der Waals surface area contributed by atoms with Crippen molar-refractivity contribution in [2.24, 2.45) is 0 Å². The molecule has 0 bridgehead atoms. The van der Waals surface area contributed by atoms with Crippen molar-refractivity contribution in [2.45, 2.75) is 19.6 Å². The highest BCUT2D eigenvalue weighted by molar-refractivity contribution is 5.91. The number of carbonyl (C=O) groups is 2. The van der Waals surface area contributed by atoms with Gasteiger partial charge in [-0.2, -0.15) is 0 Å². The Kier molecular flexibility index (Phi) is 6.03. The van der Waals surface area contributed by atoms with Gasteiger partial charge in [-0.25, -0.2) is 9.18 Å². The molecule has 2 N–H and O–H groups in total. The second-order valence-corrected chi connectivity index (χ2v) is 5.27. The van der Waals surface area contributed by atoms with Gasteiger partial charge in [0, 0.05) is 0 Å². The monoisotopic (exact) mass is 331 g/mol. The molecule has 0 spiro atoms. The predicted octanol–water partition coefficient (Wildman–Crippen LogP) is 2.35. The maximum atomic E-state index is 12.9. The molecule has 6 heteroatoms. The summed E-state index contributed by atoms with van der Waals surface area (Å²) in [4.78, 5) is 23.7. The van der Waals surface area contributed by atoms with Crippen molar-refractivity contribution in [3.05, 3.63) is 71.0 Å². The quantitative estimate of drug-likeness (QED) is 0.797. The van der Waals surface area contributed by atoms with E-state index in [9.17, 15) is 14.0 Å². The Labute approximate surface area is 139 Å². The Morgan fingerprint density at radius 1 is 1.12 bits per heavy atom. The Morgan fingerprint density at radius 2 is 1.75 bits per heavy atom. The summed E-state index contributed by atoms with van der Waals surface area (Å²) in [6.07, 6.45) is 0. The molecule has 0 radical (unpaired) electrons. The molecule has 1 amide bonds. The number of carbonyl (C=O) groups excluding carboxylic acids is 2. The molecule has 0 aromatic heterocycles. The van der Waals surface area contributed by atoms with E-state index in [1.165, 1.54) is 24.3 Å². The smallest absolute Gasteiger partial charge is 0.338 e. The van der Waals surface area contributed by atoms with E-state index >= 15 is 0 Å². The van der Waals surface area contributed by atoms with E-state index in [2.05, 4.69) is 5.32 Å². The first-order valence-corrected chi connectivity index (χ1v) is 7.41. The summed E-state index contributed by atoms with van der Waals surface area (Å²) in [5.74, 6) is -1.42. The number of amides is 1. The Morgan fingerprint density at radius 3 is 2.33 bits per heavy atom. The third-order valence-corrected chi connectivity index (χ3v) is 3.45. The number of hydrogen-bond acceptors (Lipinski definition) is 4. The lowest BCUT2D eigenvalue weighted by molar-refractivity contribution is -0.124. The van der Waals surface area contributed by atoms with Crippen molar-refractivity contribution in [3.63, 3.8) is 0 Å². The van der Waals surface area contributed by atoms with Gasteiger partial charge in [0.2, 0.25) is 0 Å². The molecule has 2 aromatic carbocycles. The van der Waals surface area contributed by atoms with Crippen LogP contribution in [0, 0.1) is 5.82 Å². The molecule has 5 nitrogen and oxygen atoms in total. The molecule has 0 saturated carbocycles. The molecule has 24 heavy (non-hydrogen) atoms. The first-order valence-electron chi connectivity index (χ1n) is 7.41. The molecule has 0 aliphatic heterocycles. The summed E-state index contributed by atoms with van der Waals surface area (Å²) in [7, 11) is 0. The van der Waals surface area contributed by atoms with E-state index in [0.717, 1.165) is 5.56 Å². The minimum Gasteiger partial charge on any atom is -0.452 e. The zero-order chi connectivity index (χ0) is 17.5. The molecule has 1 atom stereocenters. The van der Waals surface area contributed by atoms with Crippen LogP contribution in [0.2, 0.25) is 0 Å². The second-order valence-electron chi connectivity index (χ2n) is 5.27. The molecule has 0 unspecified atom stereocenters. The zero-order valence-electron chi connectivity index (χ0n) is 13.2. The van der Waals surface area contributed by atoms with Crippen molar-refractivity contribution in [3.8, 4) is 0 Å². The van der Waals surface area contributed by atoms with Crippen LogP contribution in [-0.2, 0) is 16.1 Å². The van der Waals surface area contributed by atoms with Crippen molar-refractivity contribution >= 4 is 11.9 Å². The number of aliphatic hydroxyl groups excluding tert-OH is 1.